The molecule has 54 heavy (non-hydrogen) atoms. The lowest BCUT2D eigenvalue weighted by atomic mass is 9.73. The van der Waals surface area contributed by atoms with Crippen LogP contribution in [0.2, 0.25) is 0 Å². The molecule has 0 saturated carbocycles. The molecule has 3 heterocycles. The average Bonchev–Trinajstić information content (AvgIpc) is 3.44. The molecule has 300 valence electrons. The number of likely N-dealkylation sites (N-methyl/N-ethyl adjacent to an activating group) is 1. The number of nitrogens with one attached hydrogen (secondary N) is 1. The van der Waals surface area contributed by atoms with Crippen molar-refractivity contribution in [2.75, 3.05) is 20.7 Å². The summed E-state index contributed by atoms with van der Waals surface area (Å²) in [5, 5.41) is 14.2. The number of amides is 1. The lowest BCUT2D eigenvalue weighted by molar-refractivity contribution is -0.293. The largest absolute Gasteiger partial charge is 0.509 e. The van der Waals surface area contributed by atoms with E-state index in [0.717, 1.165) is 5.56 Å². The molecule has 3 saturated heterocycles. The molecule has 3 fully saturated rings. The molecule has 14 heteroatoms. The molecule has 0 bridgehead atoms. The van der Waals surface area contributed by atoms with Crippen LogP contribution in [0.15, 0.2) is 36.4 Å². The number of hydrogen-bond donors (Lipinski definition) is 2. The molecule has 0 aliphatic carbocycles. The van der Waals surface area contributed by atoms with Gasteiger partial charge in [0.15, 0.2) is 17.7 Å². The molecule has 0 spiro atoms. The van der Waals surface area contributed by atoms with Crippen molar-refractivity contribution >= 4 is 35.9 Å². The van der Waals surface area contributed by atoms with Gasteiger partial charge in [-0.3, -0.25) is 14.4 Å². The normalized spacial score (nSPS) is 38.3. The van der Waals surface area contributed by atoms with Crippen LogP contribution >= 0.6 is 0 Å². The van der Waals surface area contributed by atoms with Crippen LogP contribution in [0.3, 0.4) is 0 Å². The van der Waals surface area contributed by atoms with E-state index in [4.69, 9.17) is 28.4 Å². The second-order valence-corrected chi connectivity index (χ2v) is 15.7. The molecule has 4 rings (SSSR count). The number of esters is 1. The first-order chi connectivity index (χ1) is 25.3. The van der Waals surface area contributed by atoms with Gasteiger partial charge < -0.3 is 43.7 Å². The Balaban J connectivity index is 1.78. The summed E-state index contributed by atoms with van der Waals surface area (Å²) >= 11 is 0. The maximum atomic E-state index is 14.3. The number of carbonyl (C=O) groups is 5. The number of carbonyl (C=O) groups excluding carboxylic acids is 5. The molecule has 0 unspecified atom stereocenters. The smallest absolute Gasteiger partial charge is 0.458 e. The van der Waals surface area contributed by atoms with E-state index in [1.54, 1.807) is 39.8 Å². The van der Waals surface area contributed by atoms with Crippen LogP contribution in [0, 0.1) is 23.7 Å². The van der Waals surface area contributed by atoms with E-state index >= 15 is 0 Å². The van der Waals surface area contributed by atoms with E-state index in [0.29, 0.717) is 6.42 Å². The van der Waals surface area contributed by atoms with Gasteiger partial charge in [-0.05, 0) is 72.7 Å². The summed E-state index contributed by atoms with van der Waals surface area (Å²) in [7, 11) is 3.64. The van der Waals surface area contributed by atoms with Crippen molar-refractivity contribution in [1.82, 2.24) is 10.2 Å². The molecule has 2 N–H and O–H groups in total. The third kappa shape index (κ3) is 9.50. The highest BCUT2D eigenvalue weighted by atomic mass is 16.8. The number of cyclic esters (lactones) is 1. The maximum Gasteiger partial charge on any atom is 0.509 e. The Morgan fingerprint density at radius 3 is 2.31 bits per heavy atom. The minimum atomic E-state index is -1.78. The van der Waals surface area contributed by atoms with Gasteiger partial charge in [0.05, 0.1) is 12.1 Å². The zero-order chi connectivity index (χ0) is 40.1. The number of aliphatic hydroxyl groups is 1. The van der Waals surface area contributed by atoms with Gasteiger partial charge in [0.25, 0.3) is 0 Å². The SMILES string of the molecule is CC[C@H]1OC(=O)[C@H](C)C(=O)[C@H](C)[C@@H](O[C@@H]2O[C@H](C)C[C@H](N(C)C)[C@H]2O)[C@](C)(OC(=O)OC/C=C/c2ccccc2)C[C@@H](C)C(=O)[C@H](C)[C@H]2NC(=O)O[C@@]21C. The summed E-state index contributed by atoms with van der Waals surface area (Å²) in [4.78, 5) is 70.4. The van der Waals surface area contributed by atoms with Gasteiger partial charge in [-0.15, -0.1) is 0 Å². The van der Waals surface area contributed by atoms with E-state index in [-0.39, 0.29) is 37.4 Å². The first-order valence-corrected chi connectivity index (χ1v) is 18.8. The molecule has 3 aliphatic heterocycles. The first-order valence-electron chi connectivity index (χ1n) is 18.8. The molecular formula is C40H58N2O12. The van der Waals surface area contributed by atoms with Crippen molar-refractivity contribution in [3.8, 4) is 0 Å². The number of alkyl carbamates (subject to hydrolysis) is 1. The molecular weight excluding hydrogens is 700 g/mol. The van der Waals surface area contributed by atoms with Crippen LogP contribution in [0.25, 0.3) is 6.08 Å². The van der Waals surface area contributed by atoms with Crippen LogP contribution in [-0.4, -0.2) is 114 Å². The second-order valence-electron chi connectivity index (χ2n) is 15.7. The molecule has 3 aliphatic rings. The second kappa shape index (κ2) is 17.7. The van der Waals surface area contributed by atoms with Gasteiger partial charge in [-0.2, -0.15) is 0 Å². The van der Waals surface area contributed by atoms with Crippen molar-refractivity contribution in [2.24, 2.45) is 23.7 Å². The zero-order valence-corrected chi connectivity index (χ0v) is 33.1. The highest BCUT2D eigenvalue weighted by molar-refractivity contribution is 6.00. The summed E-state index contributed by atoms with van der Waals surface area (Å²) in [5.41, 5.74) is -2.32. The van der Waals surface area contributed by atoms with Crippen molar-refractivity contribution in [2.45, 2.75) is 129 Å². The number of ketones is 2. The lowest BCUT2D eigenvalue weighted by Gasteiger charge is -2.46. The quantitative estimate of drug-likeness (QED) is 0.212. The molecule has 1 aromatic rings. The number of aliphatic hydroxyl groups excluding tert-OH is 1. The van der Waals surface area contributed by atoms with Crippen molar-refractivity contribution in [3.05, 3.63) is 42.0 Å². The standard InChI is InChI=1S/C40H58N2O12/c1-11-29-40(8)33(41-37(47)53-40)24(4)30(43)22(2)21-39(7,54-38(48)49-19-15-18-27-16-13-12-14-17-27)34(25(5)31(44)26(6)35(46)51-29)52-36-32(45)28(42(9)10)20-23(3)50-36/h12-18,22-26,28-29,32-34,36,45H,11,19-21H2,1-10H3,(H,41,47)/b18-15+/t22-,23-,24+,25+,26-,28+,29-,32-,33-,34-,36+,39-,40-/m1/s1. The number of rotatable bonds is 8. The Hall–Kier alpha value is -3.85. The zero-order valence-electron chi connectivity index (χ0n) is 33.1. The Morgan fingerprint density at radius 2 is 1.69 bits per heavy atom. The first kappa shape index (κ1) is 42.9. The van der Waals surface area contributed by atoms with Crippen molar-refractivity contribution in [1.29, 1.82) is 0 Å². The number of Topliss-reactive ketones (excluding diaryl/α,β-unsaturated/α-hetero) is 2. The topological polar surface area (TPSA) is 176 Å². The number of benzene rings is 1. The predicted octanol–water partition coefficient (Wildman–Crippen LogP) is 4.70. The summed E-state index contributed by atoms with van der Waals surface area (Å²) in [6, 6.07) is 8.13. The fraction of sp³-hybridized carbons (Fsp3) is 0.675. The Bertz CT molecular complexity index is 1540. The molecule has 14 nitrogen and oxygen atoms in total. The summed E-state index contributed by atoms with van der Waals surface area (Å²) in [5.74, 6) is -6.00. The third-order valence-electron chi connectivity index (χ3n) is 11.2. The van der Waals surface area contributed by atoms with E-state index in [1.165, 1.54) is 20.8 Å². The van der Waals surface area contributed by atoms with E-state index < -0.39 is 89.5 Å². The lowest BCUT2D eigenvalue weighted by Crippen LogP contribution is -2.60. The van der Waals surface area contributed by atoms with Crippen LogP contribution in [0.4, 0.5) is 9.59 Å². The molecule has 1 amide bonds. The average molecular weight is 759 g/mol. The highest BCUT2D eigenvalue weighted by Gasteiger charge is 2.57. The number of fused-ring (bicyclic) bond motifs is 1. The fourth-order valence-electron chi connectivity index (χ4n) is 8.17. The molecule has 0 radical (unpaired) electrons. The minimum absolute atomic E-state index is 0.150. The summed E-state index contributed by atoms with van der Waals surface area (Å²) in [6.07, 6.45) is -3.07. The Labute approximate surface area is 318 Å². The van der Waals surface area contributed by atoms with Gasteiger partial charge in [-0.1, -0.05) is 64.1 Å². The van der Waals surface area contributed by atoms with Gasteiger partial charge in [0.2, 0.25) is 0 Å². The van der Waals surface area contributed by atoms with E-state index in [1.807, 2.05) is 56.3 Å². The summed E-state index contributed by atoms with van der Waals surface area (Å²) < 4.78 is 35.8. The van der Waals surface area contributed by atoms with Crippen LogP contribution in [-0.2, 0) is 42.8 Å². The van der Waals surface area contributed by atoms with Gasteiger partial charge >= 0.3 is 18.2 Å². The molecule has 1 aromatic carbocycles. The van der Waals surface area contributed by atoms with E-state index in [9.17, 15) is 29.1 Å². The van der Waals surface area contributed by atoms with Crippen LogP contribution < -0.4 is 5.32 Å². The Morgan fingerprint density at radius 1 is 1.02 bits per heavy atom. The van der Waals surface area contributed by atoms with E-state index in [2.05, 4.69) is 5.32 Å². The maximum absolute atomic E-state index is 14.3. The van der Waals surface area contributed by atoms with Gasteiger partial charge in [-0.25, -0.2) is 9.59 Å². The third-order valence-corrected chi connectivity index (χ3v) is 11.2. The monoisotopic (exact) mass is 758 g/mol. The Kier molecular flexibility index (Phi) is 14.1. The molecule has 0 aromatic heterocycles. The van der Waals surface area contributed by atoms with Crippen molar-refractivity contribution in [3.63, 3.8) is 0 Å². The van der Waals surface area contributed by atoms with Crippen LogP contribution in [0.1, 0.15) is 80.2 Å². The fourth-order valence-corrected chi connectivity index (χ4v) is 8.17. The highest BCUT2D eigenvalue weighted by Crippen LogP contribution is 2.40. The summed E-state index contributed by atoms with van der Waals surface area (Å²) in [6.45, 7) is 12.8. The number of hydrogen-bond acceptors (Lipinski definition) is 13. The van der Waals surface area contributed by atoms with Crippen LogP contribution in [0.5, 0.6) is 0 Å². The van der Waals surface area contributed by atoms with Gasteiger partial charge in [0.1, 0.15) is 42.2 Å². The minimum Gasteiger partial charge on any atom is -0.458 e. The van der Waals surface area contributed by atoms with Crippen molar-refractivity contribution < 1.29 is 57.5 Å². The molecule has 13 atom stereocenters. The van der Waals surface area contributed by atoms with Gasteiger partial charge in [0, 0.05) is 23.8 Å². The predicted molar refractivity (Wildman–Crippen MR) is 197 cm³/mol. The number of nitrogens with zero attached hydrogens (tertiary/aromatic N) is 1. The number of ether oxygens (including phenoxy) is 6.